The molecule has 3 nitrogen and oxygen atoms in total. The smallest absolute Gasteiger partial charge is 0.230 e. The van der Waals surface area contributed by atoms with Gasteiger partial charge < -0.3 is 10.5 Å². The highest BCUT2D eigenvalue weighted by molar-refractivity contribution is 8.00. The first kappa shape index (κ1) is 10.9. The van der Waals surface area contributed by atoms with Crippen LogP contribution in [0.3, 0.4) is 0 Å². The average Bonchev–Trinajstić information content (AvgIpc) is 2.19. The lowest BCUT2D eigenvalue weighted by molar-refractivity contribution is -0.117. The molecular weight excluding hydrogens is 198 g/mol. The summed E-state index contributed by atoms with van der Waals surface area (Å²) in [5.41, 5.74) is 5.16. The van der Waals surface area contributed by atoms with E-state index in [1.165, 1.54) is 11.8 Å². The molecule has 0 bridgehead atoms. The predicted molar refractivity (Wildman–Crippen MR) is 57.5 cm³/mol. The second-order valence-electron chi connectivity index (χ2n) is 2.84. The molecule has 0 saturated carbocycles. The highest BCUT2D eigenvalue weighted by Gasteiger charge is 2.09. The van der Waals surface area contributed by atoms with Crippen molar-refractivity contribution < 1.29 is 9.53 Å². The summed E-state index contributed by atoms with van der Waals surface area (Å²) in [6, 6.07) is 7.53. The highest BCUT2D eigenvalue weighted by Crippen LogP contribution is 2.24. The number of rotatable bonds is 4. The zero-order valence-electron chi connectivity index (χ0n) is 8.19. The minimum atomic E-state index is -0.300. The molecular formula is C10H13NO2S. The van der Waals surface area contributed by atoms with Gasteiger partial charge in [-0.05, 0) is 31.2 Å². The number of ether oxygens (including phenoxy) is 1. The maximum absolute atomic E-state index is 10.8. The van der Waals surface area contributed by atoms with E-state index in [0.717, 1.165) is 10.6 Å². The van der Waals surface area contributed by atoms with Gasteiger partial charge in [-0.1, -0.05) is 0 Å². The van der Waals surface area contributed by atoms with Gasteiger partial charge in [0.1, 0.15) is 5.75 Å². The van der Waals surface area contributed by atoms with Gasteiger partial charge in [-0.25, -0.2) is 0 Å². The van der Waals surface area contributed by atoms with Gasteiger partial charge in [-0.2, -0.15) is 0 Å². The topological polar surface area (TPSA) is 52.3 Å². The first-order valence-corrected chi connectivity index (χ1v) is 5.11. The monoisotopic (exact) mass is 211 g/mol. The Morgan fingerprint density at radius 2 is 2.00 bits per heavy atom. The number of amides is 1. The number of carbonyl (C=O) groups is 1. The van der Waals surface area contributed by atoms with Crippen molar-refractivity contribution in [1.82, 2.24) is 0 Å². The molecule has 0 spiro atoms. The van der Waals surface area contributed by atoms with Crippen LogP contribution in [-0.2, 0) is 4.79 Å². The zero-order chi connectivity index (χ0) is 10.6. The fourth-order valence-corrected chi connectivity index (χ4v) is 1.73. The molecule has 0 unspecified atom stereocenters. The Kier molecular flexibility index (Phi) is 3.83. The fraction of sp³-hybridized carbons (Fsp3) is 0.300. The lowest BCUT2D eigenvalue weighted by Crippen LogP contribution is -2.22. The van der Waals surface area contributed by atoms with Crippen LogP contribution in [0.15, 0.2) is 29.2 Å². The minimum absolute atomic E-state index is 0.205. The SMILES string of the molecule is COc1ccc(S[C@H](C)C(N)=O)cc1. The Bertz CT molecular complexity index is 310. The van der Waals surface area contributed by atoms with Crippen LogP contribution in [-0.4, -0.2) is 18.3 Å². The molecule has 1 rings (SSSR count). The van der Waals surface area contributed by atoms with Gasteiger partial charge in [0.2, 0.25) is 5.91 Å². The van der Waals surface area contributed by atoms with E-state index in [2.05, 4.69) is 0 Å². The standard InChI is InChI=1S/C10H13NO2S/c1-7(10(11)12)14-9-5-3-8(13-2)4-6-9/h3-7H,1-2H3,(H2,11,12)/t7-/m1/s1. The van der Waals surface area contributed by atoms with E-state index in [-0.39, 0.29) is 11.2 Å². The highest BCUT2D eigenvalue weighted by atomic mass is 32.2. The number of hydrogen-bond acceptors (Lipinski definition) is 3. The van der Waals surface area contributed by atoms with Crippen molar-refractivity contribution in [2.75, 3.05) is 7.11 Å². The number of nitrogens with two attached hydrogens (primary N) is 1. The number of thioether (sulfide) groups is 1. The van der Waals surface area contributed by atoms with Crippen LogP contribution in [0.1, 0.15) is 6.92 Å². The van der Waals surface area contributed by atoms with E-state index in [1.807, 2.05) is 24.3 Å². The first-order valence-electron chi connectivity index (χ1n) is 4.23. The van der Waals surface area contributed by atoms with E-state index < -0.39 is 0 Å². The molecule has 1 amide bonds. The maximum atomic E-state index is 10.8. The molecule has 1 atom stereocenters. The number of primary amides is 1. The molecule has 1 aromatic carbocycles. The average molecular weight is 211 g/mol. The minimum Gasteiger partial charge on any atom is -0.497 e. The van der Waals surface area contributed by atoms with Gasteiger partial charge >= 0.3 is 0 Å². The van der Waals surface area contributed by atoms with E-state index in [4.69, 9.17) is 10.5 Å². The van der Waals surface area contributed by atoms with Gasteiger partial charge in [-0.3, -0.25) is 4.79 Å². The molecule has 14 heavy (non-hydrogen) atoms. The van der Waals surface area contributed by atoms with E-state index >= 15 is 0 Å². The summed E-state index contributed by atoms with van der Waals surface area (Å²) in [5, 5.41) is -0.205. The van der Waals surface area contributed by atoms with Crippen LogP contribution < -0.4 is 10.5 Å². The molecule has 0 radical (unpaired) electrons. The summed E-state index contributed by atoms with van der Waals surface area (Å²) in [5.74, 6) is 0.506. The number of hydrogen-bond donors (Lipinski definition) is 1. The molecule has 0 aromatic heterocycles. The van der Waals surface area contributed by atoms with Crippen molar-refractivity contribution in [2.24, 2.45) is 5.73 Å². The van der Waals surface area contributed by atoms with Crippen molar-refractivity contribution in [3.05, 3.63) is 24.3 Å². The lowest BCUT2D eigenvalue weighted by Gasteiger charge is -2.07. The second-order valence-corrected chi connectivity index (χ2v) is 4.25. The normalized spacial score (nSPS) is 12.1. The Morgan fingerprint density at radius 3 is 2.43 bits per heavy atom. The maximum Gasteiger partial charge on any atom is 0.230 e. The summed E-state index contributed by atoms with van der Waals surface area (Å²) >= 11 is 1.44. The quantitative estimate of drug-likeness (QED) is 0.771. The molecule has 0 aliphatic carbocycles. The van der Waals surface area contributed by atoms with Crippen LogP contribution in [0.2, 0.25) is 0 Å². The van der Waals surface area contributed by atoms with Crippen molar-refractivity contribution in [3.8, 4) is 5.75 Å². The van der Waals surface area contributed by atoms with Crippen LogP contribution in [0.5, 0.6) is 5.75 Å². The summed E-state index contributed by atoms with van der Waals surface area (Å²) < 4.78 is 5.02. The van der Waals surface area contributed by atoms with Crippen LogP contribution in [0, 0.1) is 0 Å². The van der Waals surface area contributed by atoms with Crippen molar-refractivity contribution in [1.29, 1.82) is 0 Å². The van der Waals surface area contributed by atoms with Gasteiger partial charge in [0.25, 0.3) is 0 Å². The van der Waals surface area contributed by atoms with Gasteiger partial charge in [0, 0.05) is 4.90 Å². The Labute approximate surface area is 87.6 Å². The third-order valence-corrected chi connectivity index (χ3v) is 2.90. The fourth-order valence-electron chi connectivity index (χ4n) is 0.916. The summed E-state index contributed by atoms with van der Waals surface area (Å²) in [4.78, 5) is 11.8. The van der Waals surface area contributed by atoms with E-state index in [9.17, 15) is 4.79 Å². The summed E-state index contributed by atoms with van der Waals surface area (Å²) in [7, 11) is 1.62. The van der Waals surface area contributed by atoms with Crippen LogP contribution >= 0.6 is 11.8 Å². The largest absolute Gasteiger partial charge is 0.497 e. The van der Waals surface area contributed by atoms with E-state index in [1.54, 1.807) is 14.0 Å². The first-order chi connectivity index (χ1) is 6.63. The summed E-state index contributed by atoms with van der Waals surface area (Å²) in [6.45, 7) is 1.79. The third-order valence-electron chi connectivity index (χ3n) is 1.77. The number of carbonyl (C=O) groups excluding carboxylic acids is 1. The summed E-state index contributed by atoms with van der Waals surface area (Å²) in [6.07, 6.45) is 0. The number of benzene rings is 1. The lowest BCUT2D eigenvalue weighted by atomic mass is 10.3. The Hall–Kier alpha value is -1.16. The molecule has 76 valence electrons. The van der Waals surface area contributed by atoms with E-state index in [0.29, 0.717) is 0 Å². The molecule has 2 N–H and O–H groups in total. The molecule has 0 fully saturated rings. The molecule has 0 heterocycles. The third kappa shape index (κ3) is 2.96. The molecule has 0 aliphatic heterocycles. The Morgan fingerprint density at radius 1 is 1.43 bits per heavy atom. The van der Waals surface area contributed by atoms with Crippen LogP contribution in [0.4, 0.5) is 0 Å². The van der Waals surface area contributed by atoms with Gasteiger partial charge in [0.15, 0.2) is 0 Å². The van der Waals surface area contributed by atoms with Crippen molar-refractivity contribution in [3.63, 3.8) is 0 Å². The van der Waals surface area contributed by atoms with Crippen molar-refractivity contribution >= 4 is 17.7 Å². The zero-order valence-corrected chi connectivity index (χ0v) is 9.01. The molecule has 4 heteroatoms. The Balaban J connectivity index is 2.64. The van der Waals surface area contributed by atoms with Crippen molar-refractivity contribution in [2.45, 2.75) is 17.1 Å². The molecule has 0 saturated heterocycles. The van der Waals surface area contributed by atoms with Gasteiger partial charge in [-0.15, -0.1) is 11.8 Å². The van der Waals surface area contributed by atoms with Crippen LogP contribution in [0.25, 0.3) is 0 Å². The molecule has 0 aliphatic rings. The van der Waals surface area contributed by atoms with Gasteiger partial charge in [0.05, 0.1) is 12.4 Å². The predicted octanol–water partition coefficient (Wildman–Crippen LogP) is 1.66. The number of methoxy groups -OCH3 is 1. The molecule has 1 aromatic rings. The second kappa shape index (κ2) is 4.91.